The second kappa shape index (κ2) is 13.0. The molecule has 14 heteroatoms. The van der Waals surface area contributed by atoms with Crippen molar-refractivity contribution in [3.8, 4) is 0 Å². The molecule has 48 heavy (non-hydrogen) atoms. The number of carbonyl (C=O) groups is 2. The molecule has 2 unspecified atom stereocenters. The van der Waals surface area contributed by atoms with E-state index in [0.29, 0.717) is 23.3 Å². The highest BCUT2D eigenvalue weighted by Gasteiger charge is 2.59. The number of carbonyl (C=O) groups excluding carboxylic acids is 2. The standard InChI is InChI=1S/C34H33F7N2O5/c1-19(22-14-23(33(36,37)38)16-24(15-22)34(39,40)41)48-27-13-12-26(28(27)21-8-10-25(35)11-9-21)32(46)18-31(2,29(44)42-32)43-30(45)47-17-20-6-4-3-5-7-20/h3-11,14-16,19,26-28,46H,12-13,17-18H2,1-2H3,(H,42,44)(H,43,45)/t19-,26-,27?,28+,31-,32?/m1/s1. The van der Waals surface area contributed by atoms with E-state index in [-0.39, 0.29) is 37.5 Å². The number of rotatable bonds is 8. The van der Waals surface area contributed by atoms with Crippen LogP contribution in [0.15, 0.2) is 72.8 Å². The van der Waals surface area contributed by atoms with Gasteiger partial charge in [0.25, 0.3) is 0 Å². The van der Waals surface area contributed by atoms with Gasteiger partial charge >= 0.3 is 18.4 Å². The molecule has 6 atom stereocenters. The van der Waals surface area contributed by atoms with Crippen LogP contribution in [0.25, 0.3) is 0 Å². The van der Waals surface area contributed by atoms with Crippen molar-refractivity contribution in [1.82, 2.24) is 10.6 Å². The first kappa shape index (κ1) is 35.1. The van der Waals surface area contributed by atoms with Crippen molar-refractivity contribution < 1.29 is 54.9 Å². The Hall–Kier alpha value is -4.17. The van der Waals surface area contributed by atoms with Crippen LogP contribution in [0.4, 0.5) is 35.5 Å². The molecule has 1 heterocycles. The average molecular weight is 683 g/mol. The maximum Gasteiger partial charge on any atom is 0.416 e. The van der Waals surface area contributed by atoms with Gasteiger partial charge in [-0.3, -0.25) is 4.79 Å². The largest absolute Gasteiger partial charge is 0.445 e. The molecule has 3 N–H and O–H groups in total. The molecule has 2 amide bonds. The number of alkyl halides is 6. The Morgan fingerprint density at radius 2 is 1.58 bits per heavy atom. The van der Waals surface area contributed by atoms with Gasteiger partial charge in [-0.25, -0.2) is 9.18 Å². The molecule has 1 aliphatic carbocycles. The van der Waals surface area contributed by atoms with Crippen LogP contribution in [0, 0.1) is 11.7 Å². The SMILES string of the molecule is C[C@@H](OC1CC[C@@H](C2(O)C[C@@](C)(NC(=O)OCc3ccccc3)C(=O)N2)[C@@H]1c1ccc(F)cc1)c1cc(C(F)(F)F)cc(C(F)(F)F)c1. The third-order valence-electron chi connectivity index (χ3n) is 8.97. The van der Waals surface area contributed by atoms with E-state index in [0.717, 1.165) is 0 Å². The van der Waals surface area contributed by atoms with E-state index in [1.165, 1.54) is 38.1 Å². The Kier molecular flexibility index (Phi) is 9.54. The van der Waals surface area contributed by atoms with Crippen LogP contribution in [-0.2, 0) is 33.2 Å². The van der Waals surface area contributed by atoms with Gasteiger partial charge in [0.1, 0.15) is 23.7 Å². The van der Waals surface area contributed by atoms with Gasteiger partial charge in [-0.05, 0) is 73.7 Å². The first-order valence-corrected chi connectivity index (χ1v) is 15.1. The van der Waals surface area contributed by atoms with E-state index >= 15 is 0 Å². The fourth-order valence-electron chi connectivity index (χ4n) is 6.64. The molecule has 0 spiro atoms. The predicted molar refractivity (Wildman–Crippen MR) is 157 cm³/mol. The summed E-state index contributed by atoms with van der Waals surface area (Å²) in [5.41, 5.74) is -5.73. The maximum atomic E-state index is 13.9. The highest BCUT2D eigenvalue weighted by Crippen LogP contribution is 2.51. The minimum atomic E-state index is -5.05. The Labute approximate surface area is 271 Å². The number of aliphatic hydroxyl groups is 1. The number of amides is 2. The molecule has 2 fully saturated rings. The summed E-state index contributed by atoms with van der Waals surface area (Å²) in [7, 11) is 0. The van der Waals surface area contributed by atoms with E-state index < -0.39 is 76.6 Å². The highest BCUT2D eigenvalue weighted by molar-refractivity contribution is 5.92. The zero-order valence-corrected chi connectivity index (χ0v) is 25.8. The van der Waals surface area contributed by atoms with Gasteiger partial charge in [0.05, 0.1) is 23.3 Å². The quantitative estimate of drug-likeness (QED) is 0.215. The minimum absolute atomic E-state index is 0.0317. The monoisotopic (exact) mass is 682 g/mol. The third-order valence-corrected chi connectivity index (χ3v) is 8.97. The average Bonchev–Trinajstić information content (AvgIpc) is 3.53. The lowest BCUT2D eigenvalue weighted by atomic mass is 9.78. The molecular formula is C34H33F7N2O5. The fraction of sp³-hybridized carbons (Fsp3) is 0.412. The van der Waals surface area contributed by atoms with Gasteiger partial charge < -0.3 is 25.2 Å². The Bertz CT molecular complexity index is 1600. The molecule has 0 aromatic heterocycles. The van der Waals surface area contributed by atoms with Crippen molar-refractivity contribution in [1.29, 1.82) is 0 Å². The molecule has 0 bridgehead atoms. The van der Waals surface area contributed by atoms with Gasteiger partial charge in [0, 0.05) is 18.3 Å². The van der Waals surface area contributed by atoms with Crippen LogP contribution in [0.2, 0.25) is 0 Å². The first-order valence-electron chi connectivity index (χ1n) is 15.1. The highest BCUT2D eigenvalue weighted by atomic mass is 19.4. The Morgan fingerprint density at radius 3 is 2.17 bits per heavy atom. The lowest BCUT2D eigenvalue weighted by molar-refractivity contribution is -0.143. The van der Waals surface area contributed by atoms with Crippen molar-refractivity contribution in [3.05, 3.63) is 106 Å². The summed E-state index contributed by atoms with van der Waals surface area (Å²) in [5.74, 6) is -2.89. The second-order valence-corrected chi connectivity index (χ2v) is 12.5. The number of halogens is 7. The molecule has 1 aliphatic heterocycles. The van der Waals surface area contributed by atoms with E-state index in [1.54, 1.807) is 30.3 Å². The number of nitrogens with one attached hydrogen (secondary N) is 2. The lowest BCUT2D eigenvalue weighted by Crippen LogP contribution is -2.51. The van der Waals surface area contributed by atoms with Crippen molar-refractivity contribution in [2.75, 3.05) is 0 Å². The molecule has 7 nitrogen and oxygen atoms in total. The fourth-order valence-corrected chi connectivity index (χ4v) is 6.64. The molecule has 5 rings (SSSR count). The van der Waals surface area contributed by atoms with Gasteiger partial charge in [-0.1, -0.05) is 42.5 Å². The summed E-state index contributed by atoms with van der Waals surface area (Å²) in [6.07, 6.45) is -13.1. The Morgan fingerprint density at radius 1 is 0.979 bits per heavy atom. The van der Waals surface area contributed by atoms with E-state index in [2.05, 4.69) is 10.6 Å². The van der Waals surface area contributed by atoms with Crippen LogP contribution in [0.1, 0.15) is 72.9 Å². The number of hydrogen-bond acceptors (Lipinski definition) is 5. The number of hydrogen-bond donors (Lipinski definition) is 3. The number of benzene rings is 3. The van der Waals surface area contributed by atoms with E-state index in [9.17, 15) is 45.4 Å². The molecule has 1 saturated heterocycles. The zero-order chi connectivity index (χ0) is 35.1. The molecule has 3 aromatic rings. The van der Waals surface area contributed by atoms with Crippen LogP contribution in [0.5, 0.6) is 0 Å². The first-order chi connectivity index (χ1) is 22.4. The van der Waals surface area contributed by atoms with E-state index in [4.69, 9.17) is 9.47 Å². The summed E-state index contributed by atoms with van der Waals surface area (Å²) >= 11 is 0. The summed E-state index contributed by atoms with van der Waals surface area (Å²) in [4.78, 5) is 25.9. The summed E-state index contributed by atoms with van der Waals surface area (Å²) in [5, 5.41) is 17.0. The predicted octanol–water partition coefficient (Wildman–Crippen LogP) is 7.40. The molecule has 1 saturated carbocycles. The molecule has 3 aromatic carbocycles. The molecule has 0 radical (unpaired) electrons. The van der Waals surface area contributed by atoms with Crippen LogP contribution >= 0.6 is 0 Å². The lowest BCUT2D eigenvalue weighted by Gasteiger charge is -2.37. The molecular weight excluding hydrogens is 649 g/mol. The topological polar surface area (TPSA) is 96.9 Å². The molecule has 2 aliphatic rings. The van der Waals surface area contributed by atoms with Gasteiger partial charge in [0.2, 0.25) is 5.91 Å². The minimum Gasteiger partial charge on any atom is -0.445 e. The van der Waals surface area contributed by atoms with Gasteiger partial charge in [-0.15, -0.1) is 0 Å². The van der Waals surface area contributed by atoms with Crippen molar-refractivity contribution in [3.63, 3.8) is 0 Å². The van der Waals surface area contributed by atoms with E-state index in [1.807, 2.05) is 0 Å². The smallest absolute Gasteiger partial charge is 0.416 e. The van der Waals surface area contributed by atoms with Crippen LogP contribution < -0.4 is 10.6 Å². The number of alkyl carbamates (subject to hydrolysis) is 1. The molecule has 258 valence electrons. The maximum absolute atomic E-state index is 13.9. The van der Waals surface area contributed by atoms with Crippen molar-refractivity contribution in [2.24, 2.45) is 5.92 Å². The summed E-state index contributed by atoms with van der Waals surface area (Å²) in [6, 6.07) is 15.2. The zero-order valence-electron chi connectivity index (χ0n) is 25.8. The Balaban J connectivity index is 1.39. The third kappa shape index (κ3) is 7.59. The van der Waals surface area contributed by atoms with Gasteiger partial charge in [0.15, 0.2) is 0 Å². The van der Waals surface area contributed by atoms with Crippen LogP contribution in [-0.4, -0.2) is 34.5 Å². The van der Waals surface area contributed by atoms with Gasteiger partial charge in [-0.2, -0.15) is 26.3 Å². The van der Waals surface area contributed by atoms with Crippen molar-refractivity contribution >= 4 is 12.0 Å². The van der Waals surface area contributed by atoms with Crippen LogP contribution in [0.3, 0.4) is 0 Å². The normalized spacial score (nSPS) is 26.6. The van der Waals surface area contributed by atoms with Crippen molar-refractivity contribution in [2.45, 2.75) is 81.5 Å². The summed E-state index contributed by atoms with van der Waals surface area (Å²) < 4.78 is 107. The summed E-state index contributed by atoms with van der Waals surface area (Å²) in [6.45, 7) is 2.66. The second-order valence-electron chi connectivity index (χ2n) is 12.5. The number of ether oxygens (including phenoxy) is 2.